The molecule has 0 amide bonds. The first-order valence-electron chi connectivity index (χ1n) is 0. The molecule has 21 valence electrons. The Morgan fingerprint density at radius 2 is 1.00 bits per heavy atom. The van der Waals surface area contributed by atoms with Crippen molar-refractivity contribution in [2.24, 2.45) is 0 Å². The van der Waals surface area contributed by atoms with Crippen LogP contribution in [0.4, 0.5) is 0 Å². The Morgan fingerprint density at radius 3 is 1.00 bits per heavy atom. The smallest absolute Gasteiger partial charge is 0 e. The third kappa shape index (κ3) is 8.82. The van der Waals surface area contributed by atoms with E-state index in [2.05, 4.69) is 0 Å². The van der Waals surface area contributed by atoms with Crippen molar-refractivity contribution in [2.45, 2.75) is 0 Å². The Labute approximate surface area is 81.3 Å². The zero-order chi connectivity index (χ0) is 0. The molecule has 0 atom stereocenters. The Hall–Kier alpha value is 2.68. The van der Waals surface area contributed by atoms with E-state index in [0.717, 1.165) is 0 Å². The second-order valence-corrected chi connectivity index (χ2v) is 0. The summed E-state index contributed by atoms with van der Waals surface area (Å²) in [6, 6.07) is 0. The van der Waals surface area contributed by atoms with Crippen LogP contribution in [-0.4, -0.2) is 17.4 Å². The molecule has 0 nitrogen and oxygen atoms in total. The van der Waals surface area contributed by atoms with Gasteiger partial charge in [-0.15, -0.1) is 0 Å². The molecule has 0 aromatic rings. The molecule has 0 spiro atoms. The molecule has 0 aliphatic carbocycles. The van der Waals surface area contributed by atoms with Crippen LogP contribution in [0.3, 0.4) is 0 Å². The fraction of sp³-hybridized carbons (Fsp3) is 0. The average molecular weight is 355 g/mol. The molecule has 0 saturated heterocycles. The molecule has 4 heavy (non-hydrogen) atoms. The van der Waals surface area contributed by atoms with Gasteiger partial charge in [-0.2, -0.15) is 0 Å². The number of hydrogen-bond acceptors (Lipinski definition) is 0. The molecular weight excluding hydrogens is 352 g/mol. The van der Waals surface area contributed by atoms with Crippen LogP contribution in [0.25, 0.3) is 0 Å². The quantitative estimate of drug-likeness (QED) is 0.480. The summed E-state index contributed by atoms with van der Waals surface area (Å²) in [5, 5.41) is 0. The van der Waals surface area contributed by atoms with Crippen LogP contribution in [0.2, 0.25) is 0 Å². The van der Waals surface area contributed by atoms with Crippen LogP contribution in [0.1, 0.15) is 0 Å². The Balaban J connectivity index is 0. The van der Waals surface area contributed by atoms with Crippen molar-refractivity contribution >= 4 is 17.4 Å². The van der Waals surface area contributed by atoms with Gasteiger partial charge in [0.2, 0.25) is 0 Å². The van der Waals surface area contributed by atoms with Crippen LogP contribution in [-0.2, 0) is 65.2 Å². The van der Waals surface area contributed by atoms with E-state index in [1.807, 2.05) is 0 Å². The molecular formula is H3AlNbTiW. The minimum absolute atomic E-state index is 0. The summed E-state index contributed by atoms with van der Waals surface area (Å²) in [7, 11) is 0. The summed E-state index contributed by atoms with van der Waals surface area (Å²) in [5.41, 5.74) is 0. The number of rotatable bonds is 0. The standard InChI is InChI=1S/Al.Nb.Ti.W.3H. The fourth-order valence-electron chi connectivity index (χ4n) is 0. The van der Waals surface area contributed by atoms with Crippen molar-refractivity contribution in [2.75, 3.05) is 0 Å². The fourth-order valence-corrected chi connectivity index (χ4v) is 0. The topological polar surface area (TPSA) is 0 Å². The van der Waals surface area contributed by atoms with E-state index in [4.69, 9.17) is 0 Å². The van der Waals surface area contributed by atoms with Gasteiger partial charge in [-0.05, 0) is 0 Å². The van der Waals surface area contributed by atoms with Crippen LogP contribution < -0.4 is 0 Å². The van der Waals surface area contributed by atoms with Gasteiger partial charge in [0, 0.05) is 65.2 Å². The molecule has 0 N–H and O–H groups in total. The normalized spacial score (nSPS) is 0. The van der Waals surface area contributed by atoms with E-state index >= 15 is 0 Å². The van der Waals surface area contributed by atoms with E-state index in [9.17, 15) is 0 Å². The molecule has 0 aromatic heterocycles. The predicted octanol–water partition coefficient (Wildman–Crippen LogP) is -1.19. The summed E-state index contributed by atoms with van der Waals surface area (Å²) in [6.07, 6.45) is 0. The van der Waals surface area contributed by atoms with Crippen LogP contribution >= 0.6 is 0 Å². The van der Waals surface area contributed by atoms with Gasteiger partial charge in [0.25, 0.3) is 0 Å². The molecule has 0 fully saturated rings. The van der Waals surface area contributed by atoms with E-state index in [-0.39, 0.29) is 82.5 Å². The van der Waals surface area contributed by atoms with Gasteiger partial charge in [-0.1, -0.05) is 0 Å². The Morgan fingerprint density at radius 1 is 1.00 bits per heavy atom. The minimum atomic E-state index is 0. The largest absolute Gasteiger partial charge is 0.187 e. The molecule has 0 saturated carbocycles. The maximum Gasteiger partial charge on any atom is 0.187 e. The third-order valence-electron chi connectivity index (χ3n) is 0. The van der Waals surface area contributed by atoms with E-state index in [0.29, 0.717) is 0 Å². The molecule has 0 aromatic carbocycles. The second-order valence-electron chi connectivity index (χ2n) is 0. The summed E-state index contributed by atoms with van der Waals surface area (Å²) < 4.78 is 0. The predicted molar refractivity (Wildman–Crippen MR) is 9.94 cm³/mol. The Kier molecular flexibility index (Phi) is 130. The van der Waals surface area contributed by atoms with Crippen molar-refractivity contribution in [3.05, 3.63) is 0 Å². The van der Waals surface area contributed by atoms with Crippen molar-refractivity contribution in [3.63, 3.8) is 0 Å². The molecule has 0 rings (SSSR count). The first-order chi connectivity index (χ1) is 0. The molecule has 0 aliphatic rings. The van der Waals surface area contributed by atoms with Gasteiger partial charge in [0.1, 0.15) is 0 Å². The summed E-state index contributed by atoms with van der Waals surface area (Å²) in [4.78, 5) is 0. The van der Waals surface area contributed by atoms with Crippen LogP contribution in [0.5, 0.6) is 0 Å². The third-order valence-corrected chi connectivity index (χ3v) is 0. The first-order valence-corrected chi connectivity index (χ1v) is 0. The average Bonchev–Trinajstić information content (AvgIpc) is 0. The summed E-state index contributed by atoms with van der Waals surface area (Å²) in [6.45, 7) is 0. The van der Waals surface area contributed by atoms with Gasteiger partial charge >= 0.3 is 0 Å². The molecule has 4 heteroatoms. The second kappa shape index (κ2) is 17.3. The summed E-state index contributed by atoms with van der Waals surface area (Å²) >= 11 is 0. The van der Waals surface area contributed by atoms with Gasteiger partial charge < -0.3 is 0 Å². The van der Waals surface area contributed by atoms with Gasteiger partial charge in [-0.3, -0.25) is 0 Å². The van der Waals surface area contributed by atoms with Gasteiger partial charge in [-0.25, -0.2) is 0 Å². The van der Waals surface area contributed by atoms with Crippen LogP contribution in [0, 0.1) is 0 Å². The minimum Gasteiger partial charge on any atom is 0 e. The van der Waals surface area contributed by atoms with Crippen molar-refractivity contribution in [3.8, 4) is 0 Å². The van der Waals surface area contributed by atoms with Gasteiger partial charge in [0.15, 0.2) is 17.4 Å². The van der Waals surface area contributed by atoms with Crippen molar-refractivity contribution in [1.82, 2.24) is 0 Å². The van der Waals surface area contributed by atoms with E-state index < -0.39 is 0 Å². The SMILES string of the molecule is [AlH3].[Nb].[Ti].[W]. The van der Waals surface area contributed by atoms with Gasteiger partial charge in [0.05, 0.1) is 0 Å². The first kappa shape index (κ1) is 30.0. The number of hydrogen-bond donors (Lipinski definition) is 0. The van der Waals surface area contributed by atoms with Crippen molar-refractivity contribution < 1.29 is 65.2 Å². The zero-order valence-electron chi connectivity index (χ0n) is 1.36. The van der Waals surface area contributed by atoms with Crippen molar-refractivity contribution in [1.29, 1.82) is 0 Å². The molecule has 0 unspecified atom stereocenters. The molecule has 0 heterocycles. The Bertz CT molecular complexity index is 8.00. The van der Waals surface area contributed by atoms with Crippen LogP contribution in [0.15, 0.2) is 0 Å². The van der Waals surface area contributed by atoms with E-state index in [1.54, 1.807) is 0 Å². The molecule has 0 bridgehead atoms. The monoisotopic (exact) mass is 355 g/mol. The maximum atomic E-state index is 0. The molecule has 1 radical (unpaired) electrons. The molecule has 0 aliphatic heterocycles. The summed E-state index contributed by atoms with van der Waals surface area (Å²) in [5.74, 6) is 0. The zero-order valence-corrected chi connectivity index (χ0v) is 8.05. The van der Waals surface area contributed by atoms with E-state index in [1.165, 1.54) is 0 Å². The maximum absolute atomic E-state index is 0.